The van der Waals surface area contributed by atoms with Crippen LogP contribution in [0.1, 0.15) is 19.3 Å². The number of likely N-dealkylation sites (N-methyl/N-ethyl adjacent to an activating group) is 2. The normalized spacial score (nSPS) is 17.1. The molecule has 0 bridgehead atoms. The van der Waals surface area contributed by atoms with Gasteiger partial charge in [0, 0.05) is 14.1 Å². The zero-order valence-electron chi connectivity index (χ0n) is 9.45. The van der Waals surface area contributed by atoms with Crippen LogP contribution in [0.25, 0.3) is 0 Å². The largest absolute Gasteiger partial charge is 0.480 e. The van der Waals surface area contributed by atoms with Gasteiger partial charge >= 0.3 is 5.97 Å². The van der Waals surface area contributed by atoms with Gasteiger partial charge in [-0.15, -0.1) is 0 Å². The number of rotatable bonds is 4. The summed E-state index contributed by atoms with van der Waals surface area (Å²) in [5.74, 6) is -1.88. The maximum atomic E-state index is 11.9. The molecule has 6 nitrogen and oxygen atoms in total. The SMILES string of the molecule is CNC(=O)CN(C)C(=O)C1(C(=O)O)CCC1. The molecule has 0 aromatic carbocycles. The molecule has 0 aromatic rings. The van der Waals surface area contributed by atoms with E-state index in [0.717, 1.165) is 6.42 Å². The molecule has 0 saturated heterocycles. The molecule has 0 aromatic heterocycles. The summed E-state index contributed by atoms with van der Waals surface area (Å²) in [6.45, 7) is -0.107. The van der Waals surface area contributed by atoms with E-state index in [1.54, 1.807) is 0 Å². The van der Waals surface area contributed by atoms with E-state index < -0.39 is 17.3 Å². The number of hydrogen-bond acceptors (Lipinski definition) is 3. The van der Waals surface area contributed by atoms with E-state index in [2.05, 4.69) is 5.32 Å². The summed E-state index contributed by atoms with van der Waals surface area (Å²) in [5.41, 5.74) is -1.29. The number of carbonyl (C=O) groups excluding carboxylic acids is 2. The first-order chi connectivity index (χ1) is 7.44. The van der Waals surface area contributed by atoms with Gasteiger partial charge in [-0.3, -0.25) is 14.4 Å². The fourth-order valence-corrected chi connectivity index (χ4v) is 1.78. The summed E-state index contributed by atoms with van der Waals surface area (Å²) in [4.78, 5) is 35.2. The summed E-state index contributed by atoms with van der Waals surface area (Å²) < 4.78 is 0. The third-order valence-electron chi connectivity index (χ3n) is 3.03. The number of carbonyl (C=O) groups is 3. The topological polar surface area (TPSA) is 86.7 Å². The van der Waals surface area contributed by atoms with E-state index in [-0.39, 0.29) is 12.5 Å². The minimum atomic E-state index is -1.29. The molecular formula is C10H16N2O4. The number of carboxylic acid groups (broad SMARTS) is 1. The van der Waals surface area contributed by atoms with E-state index in [1.165, 1.54) is 19.0 Å². The molecule has 6 heteroatoms. The monoisotopic (exact) mass is 228 g/mol. The van der Waals surface area contributed by atoms with Crippen molar-refractivity contribution in [1.29, 1.82) is 0 Å². The van der Waals surface area contributed by atoms with Crippen molar-refractivity contribution in [3.05, 3.63) is 0 Å². The van der Waals surface area contributed by atoms with Crippen molar-refractivity contribution >= 4 is 17.8 Å². The van der Waals surface area contributed by atoms with Crippen molar-refractivity contribution in [1.82, 2.24) is 10.2 Å². The zero-order chi connectivity index (χ0) is 12.3. The predicted molar refractivity (Wildman–Crippen MR) is 55.6 cm³/mol. The Morgan fingerprint density at radius 1 is 1.38 bits per heavy atom. The van der Waals surface area contributed by atoms with Gasteiger partial charge in [-0.2, -0.15) is 0 Å². The van der Waals surface area contributed by atoms with Gasteiger partial charge in [0.05, 0.1) is 6.54 Å². The molecule has 0 atom stereocenters. The highest BCUT2D eigenvalue weighted by Crippen LogP contribution is 2.42. The summed E-state index contributed by atoms with van der Waals surface area (Å²) in [6.07, 6.45) is 1.46. The molecule has 1 aliphatic carbocycles. The lowest BCUT2D eigenvalue weighted by molar-refractivity contribution is -0.167. The molecule has 16 heavy (non-hydrogen) atoms. The summed E-state index contributed by atoms with van der Waals surface area (Å²) >= 11 is 0. The van der Waals surface area contributed by atoms with Gasteiger partial charge in [0.15, 0.2) is 0 Å². The highest BCUT2D eigenvalue weighted by atomic mass is 16.4. The van der Waals surface area contributed by atoms with Gasteiger partial charge in [0.2, 0.25) is 11.8 Å². The van der Waals surface area contributed by atoms with Gasteiger partial charge in [0.1, 0.15) is 5.41 Å². The molecule has 0 radical (unpaired) electrons. The van der Waals surface area contributed by atoms with Crippen LogP contribution >= 0.6 is 0 Å². The fraction of sp³-hybridized carbons (Fsp3) is 0.700. The van der Waals surface area contributed by atoms with Gasteiger partial charge in [-0.05, 0) is 12.8 Å². The molecule has 90 valence electrons. The van der Waals surface area contributed by atoms with Crippen molar-refractivity contribution in [2.24, 2.45) is 5.41 Å². The molecule has 2 amide bonds. The van der Waals surface area contributed by atoms with Crippen LogP contribution in [0, 0.1) is 5.41 Å². The summed E-state index contributed by atoms with van der Waals surface area (Å²) in [5, 5.41) is 11.4. The fourth-order valence-electron chi connectivity index (χ4n) is 1.78. The maximum Gasteiger partial charge on any atom is 0.319 e. The van der Waals surface area contributed by atoms with Gasteiger partial charge in [-0.25, -0.2) is 0 Å². The Kier molecular flexibility index (Phi) is 3.51. The second-order valence-electron chi connectivity index (χ2n) is 4.08. The molecule has 0 unspecified atom stereocenters. The highest BCUT2D eigenvalue weighted by Gasteiger charge is 2.52. The van der Waals surface area contributed by atoms with Crippen LogP contribution in [0.2, 0.25) is 0 Å². The van der Waals surface area contributed by atoms with E-state index in [4.69, 9.17) is 5.11 Å². The molecule has 0 spiro atoms. The van der Waals surface area contributed by atoms with Crippen molar-refractivity contribution in [3.63, 3.8) is 0 Å². The molecule has 0 heterocycles. The van der Waals surface area contributed by atoms with E-state index in [0.29, 0.717) is 12.8 Å². The Morgan fingerprint density at radius 2 is 1.94 bits per heavy atom. The Bertz CT molecular complexity index is 323. The zero-order valence-corrected chi connectivity index (χ0v) is 9.45. The average molecular weight is 228 g/mol. The number of nitrogens with zero attached hydrogens (tertiary/aromatic N) is 1. The molecule has 1 fully saturated rings. The van der Waals surface area contributed by atoms with Crippen molar-refractivity contribution in [3.8, 4) is 0 Å². The molecule has 1 rings (SSSR count). The standard InChI is InChI=1S/C10H16N2O4/c1-11-7(13)6-12(2)8(14)10(9(15)16)4-3-5-10/h3-6H2,1-2H3,(H,11,13)(H,15,16). The smallest absolute Gasteiger partial charge is 0.319 e. The molecule has 1 saturated carbocycles. The van der Waals surface area contributed by atoms with Crippen LogP contribution in [-0.4, -0.2) is 48.4 Å². The van der Waals surface area contributed by atoms with E-state index in [1.807, 2.05) is 0 Å². The maximum absolute atomic E-state index is 11.9. The van der Waals surface area contributed by atoms with E-state index >= 15 is 0 Å². The van der Waals surface area contributed by atoms with Crippen LogP contribution in [0.5, 0.6) is 0 Å². The third-order valence-corrected chi connectivity index (χ3v) is 3.03. The molecule has 2 N–H and O–H groups in total. The van der Waals surface area contributed by atoms with Crippen LogP contribution in [-0.2, 0) is 14.4 Å². The second-order valence-corrected chi connectivity index (χ2v) is 4.08. The van der Waals surface area contributed by atoms with Crippen LogP contribution < -0.4 is 5.32 Å². The lowest BCUT2D eigenvalue weighted by atomic mass is 9.68. The third kappa shape index (κ3) is 2.00. The number of aliphatic carboxylic acids is 1. The quantitative estimate of drug-likeness (QED) is 0.632. The Balaban J connectivity index is 2.69. The van der Waals surface area contributed by atoms with Crippen molar-refractivity contribution < 1.29 is 19.5 Å². The minimum absolute atomic E-state index is 0.107. The Morgan fingerprint density at radius 3 is 2.25 bits per heavy atom. The van der Waals surface area contributed by atoms with Gasteiger partial charge < -0.3 is 15.3 Å². The lowest BCUT2D eigenvalue weighted by Crippen LogP contribution is -2.53. The van der Waals surface area contributed by atoms with Crippen LogP contribution in [0.4, 0.5) is 0 Å². The summed E-state index contributed by atoms with van der Waals surface area (Å²) in [7, 11) is 2.91. The van der Waals surface area contributed by atoms with Crippen molar-refractivity contribution in [2.75, 3.05) is 20.6 Å². The molecule has 1 aliphatic rings. The lowest BCUT2D eigenvalue weighted by Gasteiger charge is -2.38. The minimum Gasteiger partial charge on any atom is -0.480 e. The number of carboxylic acids is 1. The van der Waals surface area contributed by atoms with Crippen LogP contribution in [0.15, 0.2) is 0 Å². The number of nitrogens with one attached hydrogen (secondary N) is 1. The first-order valence-electron chi connectivity index (χ1n) is 5.13. The highest BCUT2D eigenvalue weighted by molar-refractivity contribution is 6.03. The molecule has 0 aliphatic heterocycles. The van der Waals surface area contributed by atoms with Crippen LogP contribution in [0.3, 0.4) is 0 Å². The second kappa shape index (κ2) is 4.51. The summed E-state index contributed by atoms with van der Waals surface area (Å²) in [6, 6.07) is 0. The Labute approximate surface area is 93.6 Å². The van der Waals surface area contributed by atoms with Gasteiger partial charge in [-0.1, -0.05) is 6.42 Å². The number of amides is 2. The van der Waals surface area contributed by atoms with Gasteiger partial charge in [0.25, 0.3) is 0 Å². The predicted octanol–water partition coefficient (Wildman–Crippen LogP) is -0.554. The average Bonchev–Trinajstić information content (AvgIpc) is 2.14. The Hall–Kier alpha value is -1.59. The first kappa shape index (κ1) is 12.5. The van der Waals surface area contributed by atoms with Crippen molar-refractivity contribution in [2.45, 2.75) is 19.3 Å². The number of hydrogen-bond donors (Lipinski definition) is 2. The first-order valence-corrected chi connectivity index (χ1v) is 5.13. The molecular weight excluding hydrogens is 212 g/mol. The van der Waals surface area contributed by atoms with E-state index in [9.17, 15) is 14.4 Å².